The highest BCUT2D eigenvalue weighted by molar-refractivity contribution is 5.33. The van der Waals surface area contributed by atoms with E-state index in [1.54, 1.807) is 0 Å². The van der Waals surface area contributed by atoms with Crippen molar-refractivity contribution < 1.29 is 4.74 Å². The van der Waals surface area contributed by atoms with E-state index in [9.17, 15) is 0 Å². The van der Waals surface area contributed by atoms with Gasteiger partial charge < -0.3 is 10.1 Å². The summed E-state index contributed by atoms with van der Waals surface area (Å²) in [5.41, 5.74) is 1.71. The molecule has 5 rings (SSSR count). The minimum absolute atomic E-state index is 0.404. The average molecular weight is 321 g/mol. The molecule has 4 heteroatoms. The smallest absolute Gasteiger partial charge is 0.146 e. The SMILES string of the molecule is c1ccc(Oc2cncc(C3CC4CCN3C43CCNC3)c2)cc1. The second-order valence-corrected chi connectivity index (χ2v) is 7.33. The van der Waals surface area contributed by atoms with Crippen LogP contribution < -0.4 is 10.1 Å². The number of pyridine rings is 1. The number of para-hydroxylation sites is 1. The summed E-state index contributed by atoms with van der Waals surface area (Å²) < 4.78 is 5.98. The van der Waals surface area contributed by atoms with E-state index in [1.807, 2.05) is 42.7 Å². The molecule has 4 heterocycles. The molecule has 24 heavy (non-hydrogen) atoms. The van der Waals surface area contributed by atoms with Crippen molar-refractivity contribution in [2.45, 2.75) is 30.8 Å². The van der Waals surface area contributed by atoms with Crippen molar-refractivity contribution in [3.8, 4) is 11.5 Å². The fraction of sp³-hybridized carbons (Fsp3) is 0.450. The highest BCUT2D eigenvalue weighted by atomic mass is 16.5. The van der Waals surface area contributed by atoms with Gasteiger partial charge in [0.05, 0.1) is 6.20 Å². The Balaban J connectivity index is 1.41. The Bertz CT molecular complexity index is 727. The highest BCUT2D eigenvalue weighted by Gasteiger charge is 2.58. The van der Waals surface area contributed by atoms with Gasteiger partial charge in [-0.1, -0.05) is 18.2 Å². The van der Waals surface area contributed by atoms with Gasteiger partial charge in [-0.25, -0.2) is 0 Å². The number of nitrogens with one attached hydrogen (secondary N) is 1. The van der Waals surface area contributed by atoms with Crippen LogP contribution in [0.2, 0.25) is 0 Å². The highest BCUT2D eigenvalue weighted by Crippen LogP contribution is 2.55. The molecule has 4 unspecified atom stereocenters. The standard InChI is InChI=1S/C20H23N3O/c1-2-4-17(5-3-1)24-18-10-15(12-22-13-18)19-11-16-6-9-23(19)20(16)7-8-21-14-20/h1-5,10,12-13,16,19,21H,6-9,11,14H2. The van der Waals surface area contributed by atoms with Crippen molar-refractivity contribution in [2.24, 2.45) is 5.92 Å². The lowest BCUT2D eigenvalue weighted by Gasteiger charge is -2.34. The third-order valence-corrected chi connectivity index (χ3v) is 6.20. The minimum Gasteiger partial charge on any atom is -0.456 e. The first-order valence-corrected chi connectivity index (χ1v) is 9.00. The molecule has 3 aliphatic heterocycles. The molecule has 3 fully saturated rings. The number of piperidine rings is 1. The van der Waals surface area contributed by atoms with Crippen LogP contribution in [0.5, 0.6) is 11.5 Å². The molecule has 1 aromatic heterocycles. The topological polar surface area (TPSA) is 37.4 Å². The van der Waals surface area contributed by atoms with Crippen molar-refractivity contribution in [3.05, 3.63) is 54.4 Å². The average Bonchev–Trinajstić information content (AvgIpc) is 3.33. The van der Waals surface area contributed by atoms with Gasteiger partial charge in [-0.05, 0) is 62.0 Å². The zero-order valence-electron chi connectivity index (χ0n) is 13.8. The summed E-state index contributed by atoms with van der Waals surface area (Å²) in [6.45, 7) is 3.54. The summed E-state index contributed by atoms with van der Waals surface area (Å²) in [5.74, 6) is 2.53. The van der Waals surface area contributed by atoms with Gasteiger partial charge >= 0.3 is 0 Å². The summed E-state index contributed by atoms with van der Waals surface area (Å²) in [7, 11) is 0. The van der Waals surface area contributed by atoms with Crippen LogP contribution in [0.15, 0.2) is 48.8 Å². The molecule has 124 valence electrons. The van der Waals surface area contributed by atoms with Crippen molar-refractivity contribution in [3.63, 3.8) is 0 Å². The molecule has 2 bridgehead atoms. The Morgan fingerprint density at radius 2 is 2.08 bits per heavy atom. The van der Waals surface area contributed by atoms with E-state index in [4.69, 9.17) is 4.74 Å². The lowest BCUT2D eigenvalue weighted by Crippen LogP contribution is -2.44. The van der Waals surface area contributed by atoms with Gasteiger partial charge in [-0.2, -0.15) is 0 Å². The van der Waals surface area contributed by atoms with E-state index in [-0.39, 0.29) is 0 Å². The van der Waals surface area contributed by atoms with Gasteiger partial charge in [0.1, 0.15) is 11.5 Å². The van der Waals surface area contributed by atoms with Crippen molar-refractivity contribution in [2.75, 3.05) is 19.6 Å². The summed E-state index contributed by atoms with van der Waals surface area (Å²) in [4.78, 5) is 7.21. The third kappa shape index (κ3) is 2.17. The number of rotatable bonds is 3. The predicted octanol–water partition coefficient (Wildman–Crippen LogP) is 3.37. The number of aromatic nitrogens is 1. The van der Waals surface area contributed by atoms with Crippen molar-refractivity contribution in [1.29, 1.82) is 0 Å². The second-order valence-electron chi connectivity index (χ2n) is 7.33. The number of ether oxygens (including phenoxy) is 1. The Morgan fingerprint density at radius 3 is 2.92 bits per heavy atom. The molecule has 4 nitrogen and oxygen atoms in total. The molecule has 4 atom stereocenters. The molecule has 1 N–H and O–H groups in total. The fourth-order valence-electron chi connectivity index (χ4n) is 5.13. The lowest BCUT2D eigenvalue weighted by atomic mass is 9.84. The van der Waals surface area contributed by atoms with Crippen molar-refractivity contribution in [1.82, 2.24) is 15.2 Å². The first-order valence-electron chi connectivity index (χ1n) is 9.00. The van der Waals surface area contributed by atoms with E-state index < -0.39 is 0 Å². The third-order valence-electron chi connectivity index (χ3n) is 6.20. The molecule has 0 amide bonds. The van der Waals surface area contributed by atoms with Crippen LogP contribution in [0, 0.1) is 5.92 Å². The first kappa shape index (κ1) is 14.4. The molecular weight excluding hydrogens is 298 g/mol. The largest absolute Gasteiger partial charge is 0.456 e. The van der Waals surface area contributed by atoms with Crippen molar-refractivity contribution >= 4 is 0 Å². The maximum Gasteiger partial charge on any atom is 0.146 e. The van der Waals surface area contributed by atoms with Gasteiger partial charge in [-0.3, -0.25) is 9.88 Å². The van der Waals surface area contributed by atoms with E-state index in [0.717, 1.165) is 30.5 Å². The van der Waals surface area contributed by atoms with Crippen LogP contribution in [-0.2, 0) is 0 Å². The molecule has 0 aliphatic carbocycles. The molecule has 0 radical (unpaired) electrons. The van der Waals surface area contributed by atoms with E-state index >= 15 is 0 Å². The lowest BCUT2D eigenvalue weighted by molar-refractivity contribution is 0.146. The Labute approximate surface area is 142 Å². The molecule has 3 saturated heterocycles. The Morgan fingerprint density at radius 1 is 1.17 bits per heavy atom. The quantitative estimate of drug-likeness (QED) is 0.940. The summed E-state index contributed by atoms with van der Waals surface area (Å²) in [5, 5.41) is 3.59. The Hall–Kier alpha value is -1.91. The van der Waals surface area contributed by atoms with Crippen LogP contribution in [0.4, 0.5) is 0 Å². The fourth-order valence-corrected chi connectivity index (χ4v) is 5.13. The van der Waals surface area contributed by atoms with Gasteiger partial charge in [0.2, 0.25) is 0 Å². The normalized spacial score (nSPS) is 34.1. The van der Waals surface area contributed by atoms with Crippen LogP contribution in [0.25, 0.3) is 0 Å². The predicted molar refractivity (Wildman–Crippen MR) is 93.1 cm³/mol. The first-order chi connectivity index (χ1) is 11.9. The monoisotopic (exact) mass is 321 g/mol. The van der Waals surface area contributed by atoms with Gasteiger partial charge in [-0.15, -0.1) is 0 Å². The molecule has 1 spiro atoms. The van der Waals surface area contributed by atoms with E-state index in [2.05, 4.69) is 21.3 Å². The number of hydrogen-bond acceptors (Lipinski definition) is 4. The maximum absolute atomic E-state index is 5.98. The molecule has 1 aromatic carbocycles. The van der Waals surface area contributed by atoms with Crippen LogP contribution >= 0.6 is 0 Å². The van der Waals surface area contributed by atoms with Crippen LogP contribution in [0.3, 0.4) is 0 Å². The number of nitrogens with zero attached hydrogens (tertiary/aromatic N) is 2. The second kappa shape index (κ2) is 5.57. The summed E-state index contributed by atoms with van der Waals surface area (Å²) in [6.07, 6.45) is 7.75. The van der Waals surface area contributed by atoms with E-state index in [1.165, 1.54) is 31.4 Å². The molecule has 2 aromatic rings. The zero-order valence-corrected chi connectivity index (χ0v) is 13.8. The Kier molecular flexibility index (Phi) is 3.35. The van der Waals surface area contributed by atoms with E-state index in [0.29, 0.717) is 11.6 Å². The molecule has 3 aliphatic rings. The minimum atomic E-state index is 0.404. The van der Waals surface area contributed by atoms with Gasteiger partial charge in [0.25, 0.3) is 0 Å². The van der Waals surface area contributed by atoms with Gasteiger partial charge in [0, 0.05) is 24.3 Å². The summed E-state index contributed by atoms with van der Waals surface area (Å²) >= 11 is 0. The van der Waals surface area contributed by atoms with Crippen LogP contribution in [0.1, 0.15) is 30.9 Å². The molecular formula is C20H23N3O. The summed E-state index contributed by atoms with van der Waals surface area (Å²) in [6, 6.07) is 12.6. The number of benzene rings is 1. The number of hydrogen-bond donors (Lipinski definition) is 1. The molecule has 0 saturated carbocycles. The van der Waals surface area contributed by atoms with Crippen LogP contribution in [-0.4, -0.2) is 35.1 Å². The van der Waals surface area contributed by atoms with Gasteiger partial charge in [0.15, 0.2) is 0 Å². The zero-order chi connectivity index (χ0) is 16.0. The maximum atomic E-state index is 5.98.